The van der Waals surface area contributed by atoms with Crippen LogP contribution < -0.4 is 5.32 Å². The Morgan fingerprint density at radius 1 is 0.867 bits per heavy atom. The molecule has 0 unspecified atom stereocenters. The predicted octanol–water partition coefficient (Wildman–Crippen LogP) is 5.21. The lowest BCUT2D eigenvalue weighted by Gasteiger charge is -2.13. The summed E-state index contributed by atoms with van der Waals surface area (Å²) in [4.78, 5) is 33.3. The average Bonchev–Trinajstić information content (AvgIpc) is 2.61. The zero-order chi connectivity index (χ0) is 22.2. The number of carboxylic acid groups (broad SMARTS) is 2. The van der Waals surface area contributed by atoms with Crippen molar-refractivity contribution in [3.05, 3.63) is 34.9 Å². The number of hydrogen-bond acceptors (Lipinski definition) is 4. The van der Waals surface area contributed by atoms with Crippen molar-refractivity contribution in [2.24, 2.45) is 0 Å². The van der Waals surface area contributed by atoms with Crippen LogP contribution in [0.25, 0.3) is 0 Å². The van der Waals surface area contributed by atoms with E-state index in [4.69, 9.17) is 5.11 Å². The molecule has 0 bridgehead atoms. The second kappa shape index (κ2) is 17.8. The fraction of sp³-hybridized carbons (Fsp3) is 0.609. The summed E-state index contributed by atoms with van der Waals surface area (Å²) in [5.41, 5.74) is 4.00. The molecule has 0 aromatic heterocycles. The third kappa shape index (κ3) is 18.0. The first-order chi connectivity index (χ1) is 13.6. The van der Waals surface area contributed by atoms with Crippen molar-refractivity contribution in [3.8, 4) is 0 Å². The zero-order valence-electron chi connectivity index (χ0n) is 18.0. The van der Waals surface area contributed by atoms with E-state index in [2.05, 4.69) is 51.2 Å². The van der Waals surface area contributed by atoms with Crippen LogP contribution in [0.5, 0.6) is 0 Å². The van der Waals surface area contributed by atoms with Gasteiger partial charge in [0.2, 0.25) is 5.91 Å². The van der Waals surface area contributed by atoms with E-state index >= 15 is 0 Å². The van der Waals surface area contributed by atoms with Crippen molar-refractivity contribution in [2.75, 3.05) is 11.5 Å². The normalized spacial score (nSPS) is 12.5. The topological polar surface area (TPSA) is 104 Å². The molecule has 6 nitrogen and oxygen atoms in total. The van der Waals surface area contributed by atoms with E-state index < -0.39 is 23.9 Å². The van der Waals surface area contributed by atoms with Gasteiger partial charge in [-0.15, -0.1) is 0 Å². The smallest absolute Gasteiger partial charge is 0.327 e. The molecule has 0 saturated heterocycles. The van der Waals surface area contributed by atoms with Crippen molar-refractivity contribution in [1.29, 1.82) is 0 Å². The van der Waals surface area contributed by atoms with Gasteiger partial charge in [-0.3, -0.25) is 9.59 Å². The maximum atomic E-state index is 11.6. The first kappa shape index (κ1) is 30.2. The van der Waals surface area contributed by atoms with Gasteiger partial charge < -0.3 is 15.5 Å². The molecule has 3 N–H and O–H groups in total. The van der Waals surface area contributed by atoms with Gasteiger partial charge in [0.05, 0.1) is 6.42 Å². The Balaban J connectivity index is 0. The van der Waals surface area contributed by atoms with Crippen LogP contribution in [-0.2, 0) is 14.4 Å². The first-order valence-corrected chi connectivity index (χ1v) is 11.0. The van der Waals surface area contributed by atoms with Crippen LogP contribution in [0.1, 0.15) is 73.6 Å². The Bertz CT molecular complexity index is 634. The van der Waals surface area contributed by atoms with E-state index in [-0.39, 0.29) is 26.0 Å². The van der Waals surface area contributed by atoms with Gasteiger partial charge in [-0.2, -0.15) is 11.8 Å². The first-order valence-electron chi connectivity index (χ1n) is 9.88. The fourth-order valence-electron chi connectivity index (χ4n) is 2.39. The molecule has 0 heterocycles. The molecule has 0 spiro atoms. The van der Waals surface area contributed by atoms with Gasteiger partial charge in [0, 0.05) is 17.9 Å². The molecule has 0 saturated carbocycles. The fourth-order valence-corrected chi connectivity index (χ4v) is 3.39. The van der Waals surface area contributed by atoms with Crippen LogP contribution in [0.4, 0.5) is 0 Å². The molecule has 0 aliphatic carbocycles. The molecule has 0 aliphatic rings. The number of aliphatic carboxylic acids is 2. The predicted molar refractivity (Wildman–Crippen MR) is 126 cm³/mol. The van der Waals surface area contributed by atoms with Gasteiger partial charge in [-0.05, 0) is 53.4 Å². The van der Waals surface area contributed by atoms with Gasteiger partial charge in [0.25, 0.3) is 0 Å². The monoisotopic (exact) mass is 441 g/mol. The van der Waals surface area contributed by atoms with Crippen molar-refractivity contribution in [3.63, 3.8) is 0 Å². The number of allylic oxidation sites excluding steroid dienone is 5. The molecule has 0 aliphatic heterocycles. The highest BCUT2D eigenvalue weighted by Crippen LogP contribution is 2.13. The molecular weight excluding hydrogens is 402 g/mol. The molecule has 0 fully saturated rings. The molecule has 0 rings (SSSR count). The van der Waals surface area contributed by atoms with E-state index in [1.165, 1.54) is 28.5 Å². The minimum Gasteiger partial charge on any atom is -0.481 e. The van der Waals surface area contributed by atoms with E-state index in [0.29, 0.717) is 5.75 Å². The second-order valence-electron chi connectivity index (χ2n) is 7.35. The summed E-state index contributed by atoms with van der Waals surface area (Å²) in [7, 11) is 0. The number of carbonyl (C=O) groups is 3. The molecule has 0 aromatic rings. The highest BCUT2D eigenvalue weighted by Gasteiger charge is 2.19. The quantitative estimate of drug-likeness (QED) is 0.238. The van der Waals surface area contributed by atoms with Crippen LogP contribution in [-0.4, -0.2) is 45.6 Å². The van der Waals surface area contributed by atoms with Gasteiger partial charge >= 0.3 is 11.9 Å². The minimum absolute atomic E-state index is 0. The lowest BCUT2D eigenvalue weighted by Crippen LogP contribution is -2.42. The Hall–Kier alpha value is -2.02. The lowest BCUT2D eigenvalue weighted by molar-refractivity contribution is -0.141. The molecule has 1 atom stereocenters. The number of rotatable bonds is 15. The molecule has 0 aromatic carbocycles. The Morgan fingerprint density at radius 2 is 1.43 bits per heavy atom. The van der Waals surface area contributed by atoms with Crippen LogP contribution in [0.3, 0.4) is 0 Å². The summed E-state index contributed by atoms with van der Waals surface area (Å²) in [6.07, 6.45) is 10.2. The molecule has 7 heteroatoms. The van der Waals surface area contributed by atoms with E-state index in [1.807, 2.05) is 0 Å². The lowest BCUT2D eigenvalue weighted by atomic mass is 10.1. The summed E-state index contributed by atoms with van der Waals surface area (Å²) >= 11 is 1.43. The average molecular weight is 442 g/mol. The van der Waals surface area contributed by atoms with Gasteiger partial charge in [0.1, 0.15) is 6.04 Å². The summed E-state index contributed by atoms with van der Waals surface area (Å²) in [6.45, 7) is 8.44. The van der Waals surface area contributed by atoms with E-state index in [1.54, 1.807) is 0 Å². The standard InChI is InChI=1S/C22H35NO5S.CH4/c1-16(2)7-5-8-17(3)9-6-10-18(4)13-14-29-15-19(22(27)28)23-20(24)11-12-21(25)26;/h7,9,13,19H,5-6,8,10-12,14-15H2,1-4H3,(H,23,24)(H,25,26)(H,27,28);1H4/b17-9+,18-13+;/t19-;/m0./s1. The summed E-state index contributed by atoms with van der Waals surface area (Å²) < 4.78 is 0. The maximum absolute atomic E-state index is 11.6. The third-order valence-electron chi connectivity index (χ3n) is 4.16. The number of thioether (sulfide) groups is 1. The summed E-state index contributed by atoms with van der Waals surface area (Å²) in [5.74, 6) is -1.85. The third-order valence-corrected chi connectivity index (χ3v) is 5.13. The highest BCUT2D eigenvalue weighted by molar-refractivity contribution is 7.99. The van der Waals surface area contributed by atoms with Crippen LogP contribution in [0.15, 0.2) is 34.9 Å². The van der Waals surface area contributed by atoms with Crippen molar-refractivity contribution in [2.45, 2.75) is 79.7 Å². The number of hydrogen-bond donors (Lipinski definition) is 3. The van der Waals surface area contributed by atoms with Gasteiger partial charge in [-0.25, -0.2) is 4.79 Å². The minimum atomic E-state index is -1.12. The highest BCUT2D eigenvalue weighted by atomic mass is 32.2. The van der Waals surface area contributed by atoms with Crippen molar-refractivity contribution in [1.82, 2.24) is 5.32 Å². The maximum Gasteiger partial charge on any atom is 0.327 e. The van der Waals surface area contributed by atoms with Crippen LogP contribution >= 0.6 is 11.8 Å². The van der Waals surface area contributed by atoms with Gasteiger partial charge in [0.15, 0.2) is 0 Å². The number of carboxylic acids is 2. The largest absolute Gasteiger partial charge is 0.481 e. The molecule has 30 heavy (non-hydrogen) atoms. The number of amides is 1. The van der Waals surface area contributed by atoms with Crippen LogP contribution in [0.2, 0.25) is 0 Å². The van der Waals surface area contributed by atoms with Gasteiger partial charge in [-0.1, -0.05) is 42.4 Å². The summed E-state index contributed by atoms with van der Waals surface area (Å²) in [6, 6.07) is -1.01. The summed E-state index contributed by atoms with van der Waals surface area (Å²) in [5, 5.41) is 20.1. The van der Waals surface area contributed by atoms with Crippen molar-refractivity contribution >= 4 is 29.6 Å². The second-order valence-corrected chi connectivity index (χ2v) is 8.42. The molecule has 1 amide bonds. The van der Waals surface area contributed by atoms with Crippen molar-refractivity contribution < 1.29 is 24.6 Å². The Kier molecular flexibility index (Phi) is 17.9. The van der Waals surface area contributed by atoms with E-state index in [0.717, 1.165) is 25.7 Å². The Morgan fingerprint density at radius 3 is 1.97 bits per heavy atom. The van der Waals surface area contributed by atoms with E-state index in [9.17, 15) is 19.5 Å². The number of nitrogens with one attached hydrogen (secondary N) is 1. The zero-order valence-corrected chi connectivity index (χ0v) is 18.8. The molecular formula is C23H39NO5S. The number of carbonyl (C=O) groups excluding carboxylic acids is 1. The molecule has 172 valence electrons. The molecule has 0 radical (unpaired) electrons. The van der Waals surface area contributed by atoms with Crippen LogP contribution in [0, 0.1) is 0 Å². The Labute approximate surface area is 185 Å². The SMILES string of the molecule is C.CC(C)=CCC/C(C)=C/CC/C(C)=C/CSC[C@H](NC(=O)CCC(=O)O)C(=O)O.